The molecule has 1 amide bonds. The van der Waals surface area contributed by atoms with Crippen molar-refractivity contribution in [2.75, 3.05) is 11.4 Å². The molecule has 1 aliphatic heterocycles. The first-order valence-electron chi connectivity index (χ1n) is 7.88. The summed E-state index contributed by atoms with van der Waals surface area (Å²) in [7, 11) is 0. The van der Waals surface area contributed by atoms with Gasteiger partial charge >= 0.3 is 0 Å². The molecule has 5 heteroatoms. The Labute approximate surface area is 135 Å². The molecule has 122 valence electrons. The largest absolute Gasteiger partial charge is 0.445 e. The zero-order valence-corrected chi connectivity index (χ0v) is 13.7. The monoisotopic (exact) mass is 316 g/mol. The zero-order valence-electron chi connectivity index (χ0n) is 13.7. The first-order valence-corrected chi connectivity index (χ1v) is 7.88. The summed E-state index contributed by atoms with van der Waals surface area (Å²) in [6.07, 6.45) is 3.25. The summed E-state index contributed by atoms with van der Waals surface area (Å²) in [6.45, 7) is 6.77. The number of aromatic nitrogens is 1. The Kier molecular flexibility index (Phi) is 3.96. The number of rotatable bonds is 3. The molecule has 0 spiro atoms. The topological polar surface area (TPSA) is 46.3 Å². The molecular formula is C18H21FN2O2. The quantitative estimate of drug-likeness (QED) is 0.868. The third-order valence-electron chi connectivity index (χ3n) is 4.09. The molecule has 0 N–H and O–H groups in total. The molecule has 0 aliphatic carbocycles. The van der Waals surface area contributed by atoms with E-state index in [9.17, 15) is 9.18 Å². The SMILES string of the molecule is CC(C)(C)c1cnc(CCC(=O)N2CCc3ccc(F)cc32)o1. The van der Waals surface area contributed by atoms with E-state index >= 15 is 0 Å². The Balaban J connectivity index is 1.65. The number of hydrogen-bond acceptors (Lipinski definition) is 3. The van der Waals surface area contributed by atoms with Crippen LogP contribution in [0.1, 0.15) is 44.4 Å². The highest BCUT2D eigenvalue weighted by Gasteiger charge is 2.25. The molecule has 0 saturated carbocycles. The molecule has 0 radical (unpaired) electrons. The van der Waals surface area contributed by atoms with Gasteiger partial charge in [0.15, 0.2) is 5.89 Å². The molecule has 2 heterocycles. The van der Waals surface area contributed by atoms with Gasteiger partial charge in [0.25, 0.3) is 0 Å². The number of aryl methyl sites for hydroxylation is 1. The lowest BCUT2D eigenvalue weighted by Crippen LogP contribution is -2.29. The summed E-state index contributed by atoms with van der Waals surface area (Å²) in [4.78, 5) is 18.3. The fraction of sp³-hybridized carbons (Fsp3) is 0.444. The van der Waals surface area contributed by atoms with Crippen LogP contribution in [0, 0.1) is 5.82 Å². The van der Waals surface area contributed by atoms with Gasteiger partial charge in [0.2, 0.25) is 5.91 Å². The van der Waals surface area contributed by atoms with Crippen molar-refractivity contribution in [2.24, 2.45) is 0 Å². The number of benzene rings is 1. The van der Waals surface area contributed by atoms with Crippen molar-refractivity contribution in [2.45, 2.75) is 45.4 Å². The number of fused-ring (bicyclic) bond motifs is 1. The van der Waals surface area contributed by atoms with E-state index in [0.29, 0.717) is 31.0 Å². The number of halogens is 1. The van der Waals surface area contributed by atoms with E-state index in [-0.39, 0.29) is 17.1 Å². The third-order valence-corrected chi connectivity index (χ3v) is 4.09. The maximum absolute atomic E-state index is 13.4. The van der Waals surface area contributed by atoms with Gasteiger partial charge in [0.05, 0.1) is 6.20 Å². The molecule has 4 nitrogen and oxygen atoms in total. The van der Waals surface area contributed by atoms with E-state index < -0.39 is 0 Å². The fourth-order valence-electron chi connectivity index (χ4n) is 2.73. The average molecular weight is 316 g/mol. The lowest BCUT2D eigenvalue weighted by atomic mass is 9.94. The van der Waals surface area contributed by atoms with E-state index in [1.54, 1.807) is 17.2 Å². The van der Waals surface area contributed by atoms with Crippen molar-refractivity contribution < 1.29 is 13.6 Å². The van der Waals surface area contributed by atoms with Crippen LogP contribution < -0.4 is 4.90 Å². The molecule has 1 aliphatic rings. The average Bonchev–Trinajstić information content (AvgIpc) is 3.10. The number of oxazole rings is 1. The number of amides is 1. The van der Waals surface area contributed by atoms with Crippen LogP contribution >= 0.6 is 0 Å². The number of carbonyl (C=O) groups is 1. The first-order chi connectivity index (χ1) is 10.8. The fourth-order valence-corrected chi connectivity index (χ4v) is 2.73. The van der Waals surface area contributed by atoms with Crippen LogP contribution in [-0.2, 0) is 23.1 Å². The van der Waals surface area contributed by atoms with Crippen molar-refractivity contribution in [3.63, 3.8) is 0 Å². The molecule has 0 saturated heterocycles. The molecule has 0 bridgehead atoms. The van der Waals surface area contributed by atoms with Crippen molar-refractivity contribution in [3.8, 4) is 0 Å². The predicted octanol–water partition coefficient (Wildman–Crippen LogP) is 3.63. The second-order valence-corrected chi connectivity index (χ2v) is 6.94. The van der Waals surface area contributed by atoms with Crippen LogP contribution in [0.3, 0.4) is 0 Å². The lowest BCUT2D eigenvalue weighted by molar-refractivity contribution is -0.118. The van der Waals surface area contributed by atoms with Gasteiger partial charge in [0, 0.05) is 30.5 Å². The Bertz CT molecular complexity index is 731. The highest BCUT2D eigenvalue weighted by atomic mass is 19.1. The van der Waals surface area contributed by atoms with Crippen molar-refractivity contribution in [3.05, 3.63) is 47.4 Å². The minimum absolute atomic E-state index is 0.0233. The van der Waals surface area contributed by atoms with Crippen LogP contribution in [0.5, 0.6) is 0 Å². The van der Waals surface area contributed by atoms with Crippen molar-refractivity contribution in [1.29, 1.82) is 0 Å². The molecule has 1 aromatic heterocycles. The van der Waals surface area contributed by atoms with E-state index in [1.165, 1.54) is 12.1 Å². The second-order valence-electron chi connectivity index (χ2n) is 6.94. The van der Waals surface area contributed by atoms with Gasteiger partial charge in [-0.1, -0.05) is 26.8 Å². The van der Waals surface area contributed by atoms with Gasteiger partial charge in [-0.3, -0.25) is 4.79 Å². The molecule has 0 unspecified atom stereocenters. The third kappa shape index (κ3) is 3.28. The van der Waals surface area contributed by atoms with Crippen LogP contribution in [-0.4, -0.2) is 17.4 Å². The van der Waals surface area contributed by atoms with Crippen LogP contribution in [0.25, 0.3) is 0 Å². The molecule has 0 fully saturated rings. The lowest BCUT2D eigenvalue weighted by Gasteiger charge is -2.17. The van der Waals surface area contributed by atoms with Crippen LogP contribution in [0.4, 0.5) is 10.1 Å². The van der Waals surface area contributed by atoms with E-state index in [2.05, 4.69) is 25.8 Å². The number of carbonyl (C=O) groups excluding carboxylic acids is 1. The van der Waals surface area contributed by atoms with Gasteiger partial charge in [-0.15, -0.1) is 0 Å². The maximum Gasteiger partial charge on any atom is 0.227 e. The van der Waals surface area contributed by atoms with Gasteiger partial charge < -0.3 is 9.32 Å². The smallest absolute Gasteiger partial charge is 0.227 e. The van der Waals surface area contributed by atoms with Crippen molar-refractivity contribution >= 4 is 11.6 Å². The first kappa shape index (κ1) is 15.7. The summed E-state index contributed by atoms with van der Waals surface area (Å²) < 4.78 is 19.1. The normalized spacial score (nSPS) is 14.2. The number of hydrogen-bond donors (Lipinski definition) is 0. The Morgan fingerprint density at radius 1 is 1.39 bits per heavy atom. The van der Waals surface area contributed by atoms with Gasteiger partial charge in [0.1, 0.15) is 11.6 Å². The summed E-state index contributed by atoms with van der Waals surface area (Å²) in [5, 5.41) is 0. The van der Waals surface area contributed by atoms with E-state index in [4.69, 9.17) is 4.42 Å². The molecule has 3 rings (SSSR count). The molecule has 1 aromatic carbocycles. The minimum atomic E-state index is -0.314. The highest BCUT2D eigenvalue weighted by molar-refractivity contribution is 5.95. The summed E-state index contributed by atoms with van der Waals surface area (Å²) in [6, 6.07) is 4.62. The van der Waals surface area contributed by atoms with E-state index in [1.807, 2.05) is 0 Å². The van der Waals surface area contributed by atoms with Gasteiger partial charge in [-0.25, -0.2) is 9.37 Å². The number of nitrogens with zero attached hydrogens (tertiary/aromatic N) is 2. The van der Waals surface area contributed by atoms with E-state index in [0.717, 1.165) is 17.7 Å². The maximum atomic E-state index is 13.4. The Hall–Kier alpha value is -2.17. The number of anilines is 1. The highest BCUT2D eigenvalue weighted by Crippen LogP contribution is 2.29. The molecule has 23 heavy (non-hydrogen) atoms. The standard InChI is InChI=1S/C18H21FN2O2/c1-18(2,3)15-11-20-16(23-15)6-7-17(22)21-9-8-12-4-5-13(19)10-14(12)21/h4-5,10-11H,6-9H2,1-3H3. The van der Waals surface area contributed by atoms with Gasteiger partial charge in [-0.05, 0) is 24.1 Å². The van der Waals surface area contributed by atoms with Crippen molar-refractivity contribution in [1.82, 2.24) is 4.98 Å². The molecule has 0 atom stereocenters. The summed E-state index contributed by atoms with van der Waals surface area (Å²) in [5.41, 5.74) is 1.62. The second kappa shape index (κ2) is 5.80. The Morgan fingerprint density at radius 2 is 2.17 bits per heavy atom. The molecule has 2 aromatic rings. The summed E-state index contributed by atoms with van der Waals surface area (Å²) in [5.74, 6) is 1.05. The Morgan fingerprint density at radius 3 is 2.87 bits per heavy atom. The zero-order chi connectivity index (χ0) is 16.6. The van der Waals surface area contributed by atoms with Crippen LogP contribution in [0.2, 0.25) is 0 Å². The van der Waals surface area contributed by atoms with Crippen LogP contribution in [0.15, 0.2) is 28.8 Å². The predicted molar refractivity (Wildman–Crippen MR) is 86.0 cm³/mol. The van der Waals surface area contributed by atoms with Gasteiger partial charge in [-0.2, -0.15) is 0 Å². The minimum Gasteiger partial charge on any atom is -0.445 e. The summed E-state index contributed by atoms with van der Waals surface area (Å²) >= 11 is 0. The molecular weight excluding hydrogens is 295 g/mol.